The van der Waals surface area contributed by atoms with Gasteiger partial charge in [-0.15, -0.1) is 0 Å². The average Bonchev–Trinajstić information content (AvgIpc) is 2.80. The highest BCUT2D eigenvalue weighted by Gasteiger charge is 2.04. The predicted molar refractivity (Wildman–Crippen MR) is 88.8 cm³/mol. The van der Waals surface area contributed by atoms with Crippen LogP contribution in [0.2, 0.25) is 0 Å². The van der Waals surface area contributed by atoms with Crippen LogP contribution in [0.1, 0.15) is 5.56 Å². The zero-order valence-electron chi connectivity index (χ0n) is 10.2. The molecule has 0 radical (unpaired) electrons. The second-order valence-corrected chi connectivity index (χ2v) is 6.88. The molecule has 0 aliphatic carbocycles. The maximum absolute atomic E-state index is 4.56. The molecular weight excluding hydrogens is 468 g/mol. The molecule has 0 unspecified atom stereocenters. The van der Waals surface area contributed by atoms with Crippen molar-refractivity contribution in [3.05, 3.63) is 57.0 Å². The van der Waals surface area contributed by atoms with E-state index in [0.717, 1.165) is 26.1 Å². The van der Waals surface area contributed by atoms with Crippen molar-refractivity contribution in [3.8, 4) is 0 Å². The van der Waals surface area contributed by atoms with E-state index in [1.807, 2.05) is 24.3 Å². The van der Waals surface area contributed by atoms with Gasteiger partial charge in [-0.3, -0.25) is 0 Å². The molecule has 3 rings (SSSR count). The van der Waals surface area contributed by atoms with E-state index in [4.69, 9.17) is 0 Å². The first kappa shape index (κ1) is 15.9. The lowest BCUT2D eigenvalue weighted by atomic mass is 10.2. The third-order valence-corrected chi connectivity index (χ3v) is 4.96. The fraction of sp³-hybridized carbons (Fsp3) is 0.0714. The van der Waals surface area contributed by atoms with Gasteiger partial charge in [-0.05, 0) is 29.8 Å². The highest BCUT2D eigenvalue weighted by atomic mass is 79.9. The van der Waals surface area contributed by atoms with E-state index in [1.54, 1.807) is 11.3 Å². The smallest absolute Gasteiger partial charge is 0.184 e. The largest absolute Gasteiger partial charge is 1.00 e. The average molecular weight is 478 g/mol. The van der Waals surface area contributed by atoms with Crippen molar-refractivity contribution in [1.29, 1.82) is 0 Å². The lowest BCUT2D eigenvalue weighted by molar-refractivity contribution is -0.00000345. The second kappa shape index (κ2) is 7.02. The summed E-state index contributed by atoms with van der Waals surface area (Å²) in [6, 6.07) is 14.4. The minimum absolute atomic E-state index is 0. The van der Waals surface area contributed by atoms with Crippen molar-refractivity contribution in [2.45, 2.75) is 6.54 Å². The Hall–Kier alpha value is -0.430. The molecule has 20 heavy (non-hydrogen) atoms. The normalized spacial score (nSPS) is 10.3. The summed E-state index contributed by atoms with van der Waals surface area (Å²) in [5.74, 6) is 0. The van der Waals surface area contributed by atoms with E-state index in [1.165, 1.54) is 10.3 Å². The van der Waals surface area contributed by atoms with Gasteiger partial charge >= 0.3 is 0 Å². The molecule has 0 aliphatic heterocycles. The van der Waals surface area contributed by atoms with Crippen molar-refractivity contribution in [2.75, 3.05) is 5.32 Å². The Morgan fingerprint density at radius 1 is 1.10 bits per heavy atom. The number of halogens is 3. The molecule has 0 fully saturated rings. The molecule has 0 saturated heterocycles. The summed E-state index contributed by atoms with van der Waals surface area (Å²) >= 11 is 8.70. The van der Waals surface area contributed by atoms with Gasteiger partial charge in [0.2, 0.25) is 0 Å². The summed E-state index contributed by atoms with van der Waals surface area (Å²) in [4.78, 5) is 4.56. The minimum atomic E-state index is 0. The summed E-state index contributed by atoms with van der Waals surface area (Å²) in [5, 5.41) is 4.33. The lowest BCUT2D eigenvalue weighted by Crippen LogP contribution is -3.00. The number of nitrogens with zero attached hydrogens (tertiary/aromatic N) is 1. The van der Waals surface area contributed by atoms with Crippen molar-refractivity contribution < 1.29 is 17.0 Å². The molecular formula is C14H10Br3N2S-. The third kappa shape index (κ3) is 3.61. The van der Waals surface area contributed by atoms with Gasteiger partial charge < -0.3 is 22.3 Å². The third-order valence-electron chi connectivity index (χ3n) is 2.74. The molecule has 0 saturated carbocycles. The quantitative estimate of drug-likeness (QED) is 0.627. The van der Waals surface area contributed by atoms with E-state index in [9.17, 15) is 0 Å². The minimum Gasteiger partial charge on any atom is -1.00 e. The summed E-state index contributed by atoms with van der Waals surface area (Å²) in [6.07, 6.45) is 0. The summed E-state index contributed by atoms with van der Waals surface area (Å²) in [5.41, 5.74) is 2.26. The van der Waals surface area contributed by atoms with E-state index < -0.39 is 0 Å². The van der Waals surface area contributed by atoms with Crippen LogP contribution in [-0.4, -0.2) is 4.98 Å². The number of aromatic nitrogens is 1. The van der Waals surface area contributed by atoms with Crippen LogP contribution in [-0.2, 0) is 6.54 Å². The van der Waals surface area contributed by atoms with E-state index in [2.05, 4.69) is 60.4 Å². The first-order chi connectivity index (χ1) is 9.22. The number of thiazole rings is 1. The Bertz CT molecular complexity index is 694. The van der Waals surface area contributed by atoms with E-state index in [0.29, 0.717) is 0 Å². The van der Waals surface area contributed by atoms with Gasteiger partial charge in [-0.1, -0.05) is 61.4 Å². The van der Waals surface area contributed by atoms with Crippen LogP contribution in [0.5, 0.6) is 0 Å². The highest BCUT2D eigenvalue weighted by molar-refractivity contribution is 9.11. The zero-order valence-corrected chi connectivity index (χ0v) is 15.8. The fourth-order valence-corrected chi connectivity index (χ4v) is 3.83. The van der Waals surface area contributed by atoms with E-state index >= 15 is 0 Å². The summed E-state index contributed by atoms with van der Waals surface area (Å²) in [6.45, 7) is 0.758. The Morgan fingerprint density at radius 2 is 1.90 bits per heavy atom. The molecule has 0 amide bonds. The number of hydrogen-bond acceptors (Lipinski definition) is 3. The number of benzene rings is 2. The van der Waals surface area contributed by atoms with Crippen LogP contribution >= 0.6 is 43.2 Å². The number of para-hydroxylation sites is 1. The zero-order chi connectivity index (χ0) is 13.2. The van der Waals surface area contributed by atoms with Crippen LogP contribution in [0.25, 0.3) is 10.2 Å². The molecule has 0 spiro atoms. The van der Waals surface area contributed by atoms with Gasteiger partial charge in [0.05, 0.1) is 10.2 Å². The Kier molecular flexibility index (Phi) is 5.60. The molecule has 3 aromatic rings. The Balaban J connectivity index is 0.00000147. The number of fused-ring (bicyclic) bond motifs is 1. The van der Waals surface area contributed by atoms with Gasteiger partial charge in [0.25, 0.3) is 0 Å². The van der Waals surface area contributed by atoms with Crippen LogP contribution in [0.3, 0.4) is 0 Å². The van der Waals surface area contributed by atoms with Crippen LogP contribution in [0.4, 0.5) is 5.13 Å². The molecule has 1 aromatic heterocycles. The topological polar surface area (TPSA) is 24.9 Å². The lowest BCUT2D eigenvalue weighted by Gasteiger charge is -2.05. The van der Waals surface area contributed by atoms with Crippen molar-refractivity contribution in [1.82, 2.24) is 4.98 Å². The maximum atomic E-state index is 4.56. The monoisotopic (exact) mass is 475 g/mol. The first-order valence-corrected chi connectivity index (χ1v) is 8.16. The van der Waals surface area contributed by atoms with Crippen molar-refractivity contribution >= 4 is 58.5 Å². The number of rotatable bonds is 3. The molecule has 2 aromatic carbocycles. The van der Waals surface area contributed by atoms with Crippen LogP contribution in [0.15, 0.2) is 51.4 Å². The SMILES string of the molecule is Brc1ccc(CNc2nc3ccccc3s2)c(Br)c1.[Br-]. The molecule has 0 bridgehead atoms. The summed E-state index contributed by atoms with van der Waals surface area (Å²) < 4.78 is 3.37. The molecule has 0 atom stereocenters. The molecule has 104 valence electrons. The number of hydrogen-bond donors (Lipinski definition) is 1. The van der Waals surface area contributed by atoms with Gasteiger partial charge in [-0.25, -0.2) is 4.98 Å². The first-order valence-electron chi connectivity index (χ1n) is 5.76. The Morgan fingerprint density at radius 3 is 2.65 bits per heavy atom. The van der Waals surface area contributed by atoms with Gasteiger partial charge in [0, 0.05) is 15.5 Å². The molecule has 0 aliphatic rings. The molecule has 1 N–H and O–H groups in total. The molecule has 6 heteroatoms. The van der Waals surface area contributed by atoms with E-state index in [-0.39, 0.29) is 17.0 Å². The molecule has 2 nitrogen and oxygen atoms in total. The highest BCUT2D eigenvalue weighted by Crippen LogP contribution is 2.27. The van der Waals surface area contributed by atoms with Crippen LogP contribution in [0, 0.1) is 0 Å². The van der Waals surface area contributed by atoms with Crippen LogP contribution < -0.4 is 22.3 Å². The van der Waals surface area contributed by atoms with Gasteiger partial charge in [0.15, 0.2) is 5.13 Å². The number of anilines is 1. The molecule has 1 heterocycles. The van der Waals surface area contributed by atoms with Crippen molar-refractivity contribution in [2.24, 2.45) is 0 Å². The van der Waals surface area contributed by atoms with Crippen molar-refractivity contribution in [3.63, 3.8) is 0 Å². The fourth-order valence-electron chi connectivity index (χ4n) is 1.78. The van der Waals surface area contributed by atoms with Gasteiger partial charge in [0.1, 0.15) is 0 Å². The second-order valence-electron chi connectivity index (χ2n) is 4.08. The summed E-state index contributed by atoms with van der Waals surface area (Å²) in [7, 11) is 0. The predicted octanol–water partition coefficient (Wildman–Crippen LogP) is 2.44. The maximum Gasteiger partial charge on any atom is 0.184 e. The standard InChI is InChI=1S/C14H10Br2N2S.BrH/c15-10-6-5-9(11(16)7-10)8-17-14-18-12-3-1-2-4-13(12)19-14;/h1-7H,8H2,(H,17,18);1H/p-1. The number of nitrogens with one attached hydrogen (secondary N) is 1. The van der Waals surface area contributed by atoms with Gasteiger partial charge in [-0.2, -0.15) is 0 Å². The Labute approximate surface area is 148 Å².